The van der Waals surface area contributed by atoms with E-state index in [-0.39, 0.29) is 13.2 Å². The molecule has 0 fully saturated rings. The van der Waals surface area contributed by atoms with Gasteiger partial charge in [0.25, 0.3) is 7.82 Å². The molecule has 0 aliphatic rings. The fraction of sp³-hybridized carbons (Fsp3) is 1.00. The SMILES string of the molecule is CCCCCCOCC(COP(=O)([O-])OCC[N+](C)(C)C)OCCCCCC. The summed E-state index contributed by atoms with van der Waals surface area (Å²) < 4.78 is 34.1. The van der Waals surface area contributed by atoms with E-state index in [1.54, 1.807) is 0 Å². The molecule has 2 unspecified atom stereocenters. The summed E-state index contributed by atoms with van der Waals surface area (Å²) >= 11 is 0. The topological polar surface area (TPSA) is 77.1 Å². The maximum absolute atomic E-state index is 12.0. The van der Waals surface area contributed by atoms with Crippen LogP contribution in [0.5, 0.6) is 0 Å². The summed E-state index contributed by atoms with van der Waals surface area (Å²) in [6, 6.07) is 0. The molecule has 2 atom stereocenters. The summed E-state index contributed by atoms with van der Waals surface area (Å²) in [6.07, 6.45) is 8.53. The monoisotopic (exact) mass is 425 g/mol. The highest BCUT2D eigenvalue weighted by Crippen LogP contribution is 2.38. The van der Waals surface area contributed by atoms with Crippen LogP contribution in [0.15, 0.2) is 0 Å². The third-order valence-corrected chi connectivity index (χ3v) is 5.19. The molecule has 0 saturated carbocycles. The van der Waals surface area contributed by atoms with Crippen LogP contribution in [0.1, 0.15) is 65.2 Å². The Morgan fingerprint density at radius 1 is 0.821 bits per heavy atom. The summed E-state index contributed by atoms with van der Waals surface area (Å²) in [5, 5.41) is 0. The Morgan fingerprint density at radius 3 is 2.00 bits per heavy atom. The first-order valence-corrected chi connectivity index (χ1v) is 12.3. The van der Waals surface area contributed by atoms with Crippen molar-refractivity contribution in [2.24, 2.45) is 0 Å². The second-order valence-corrected chi connectivity index (χ2v) is 9.69. The largest absolute Gasteiger partial charge is 0.756 e. The minimum atomic E-state index is -4.33. The van der Waals surface area contributed by atoms with Gasteiger partial charge in [0, 0.05) is 13.2 Å². The fourth-order valence-corrected chi connectivity index (χ4v) is 3.14. The molecule has 170 valence electrons. The molecule has 8 heteroatoms. The Kier molecular flexibility index (Phi) is 16.7. The molecular weight excluding hydrogens is 381 g/mol. The Bertz CT molecular complexity index is 403. The molecule has 7 nitrogen and oxygen atoms in total. The molecule has 0 spiro atoms. The Hall–Kier alpha value is -0.0100. The number of rotatable bonds is 20. The van der Waals surface area contributed by atoms with Crippen molar-refractivity contribution in [3.05, 3.63) is 0 Å². The highest BCUT2D eigenvalue weighted by molar-refractivity contribution is 7.45. The van der Waals surface area contributed by atoms with Crippen molar-refractivity contribution in [1.29, 1.82) is 0 Å². The highest BCUT2D eigenvalue weighted by atomic mass is 31.2. The third kappa shape index (κ3) is 19.3. The van der Waals surface area contributed by atoms with Crippen LogP contribution in [-0.2, 0) is 23.1 Å². The zero-order chi connectivity index (χ0) is 21.3. The van der Waals surface area contributed by atoms with Gasteiger partial charge in [-0.1, -0.05) is 52.4 Å². The number of quaternary nitrogens is 1. The first kappa shape index (κ1) is 28.0. The lowest BCUT2D eigenvalue weighted by Gasteiger charge is -2.28. The van der Waals surface area contributed by atoms with Crippen LogP contribution in [0.3, 0.4) is 0 Å². The summed E-state index contributed by atoms with van der Waals surface area (Å²) in [4.78, 5) is 12.0. The normalized spacial score (nSPS) is 15.5. The Labute approximate surface area is 172 Å². The molecule has 0 aliphatic heterocycles. The Balaban J connectivity index is 4.25. The van der Waals surface area contributed by atoms with Gasteiger partial charge >= 0.3 is 0 Å². The third-order valence-electron chi connectivity index (χ3n) is 4.23. The van der Waals surface area contributed by atoms with Crippen LogP contribution in [0.25, 0.3) is 0 Å². The van der Waals surface area contributed by atoms with Crippen molar-refractivity contribution in [3.8, 4) is 0 Å². The van der Waals surface area contributed by atoms with Crippen molar-refractivity contribution in [2.75, 3.05) is 60.7 Å². The van der Waals surface area contributed by atoms with Crippen LogP contribution in [0.4, 0.5) is 0 Å². The lowest BCUT2D eigenvalue weighted by atomic mass is 10.2. The molecule has 0 aromatic heterocycles. The number of phosphoric acid groups is 1. The summed E-state index contributed by atoms with van der Waals surface area (Å²) in [7, 11) is 1.59. The predicted octanol–water partition coefficient (Wildman–Crippen LogP) is 3.76. The molecule has 0 amide bonds. The molecule has 0 aromatic rings. The quantitative estimate of drug-likeness (QED) is 0.168. The summed E-state index contributed by atoms with van der Waals surface area (Å²) in [6.45, 7) is 6.50. The van der Waals surface area contributed by atoms with Gasteiger partial charge in [0.05, 0.1) is 34.4 Å². The van der Waals surface area contributed by atoms with E-state index in [9.17, 15) is 9.46 Å². The van der Waals surface area contributed by atoms with Gasteiger partial charge in [-0.25, -0.2) is 0 Å². The van der Waals surface area contributed by atoms with E-state index >= 15 is 0 Å². The second-order valence-electron chi connectivity index (χ2n) is 8.28. The fourth-order valence-electron chi connectivity index (χ4n) is 2.41. The van der Waals surface area contributed by atoms with Crippen molar-refractivity contribution in [1.82, 2.24) is 0 Å². The van der Waals surface area contributed by atoms with Crippen molar-refractivity contribution in [3.63, 3.8) is 0 Å². The molecule has 0 N–H and O–H groups in total. The summed E-state index contributed by atoms with van der Waals surface area (Å²) in [5.74, 6) is 0. The maximum Gasteiger partial charge on any atom is 0.268 e. The van der Waals surface area contributed by atoms with Crippen molar-refractivity contribution >= 4 is 7.82 Å². The van der Waals surface area contributed by atoms with Crippen LogP contribution >= 0.6 is 7.82 Å². The van der Waals surface area contributed by atoms with Crippen LogP contribution in [-0.4, -0.2) is 71.3 Å². The van der Waals surface area contributed by atoms with Crippen LogP contribution < -0.4 is 4.89 Å². The minimum Gasteiger partial charge on any atom is -0.756 e. The number of ether oxygens (including phenoxy) is 2. The van der Waals surface area contributed by atoms with E-state index < -0.39 is 13.9 Å². The van der Waals surface area contributed by atoms with E-state index in [0.717, 1.165) is 32.1 Å². The van der Waals surface area contributed by atoms with E-state index in [0.29, 0.717) is 30.8 Å². The number of likely N-dealkylation sites (N-methyl/N-ethyl adjacent to an activating group) is 1. The Morgan fingerprint density at radius 2 is 1.43 bits per heavy atom. The molecule has 0 rings (SSSR count). The molecular formula is C20H44NO6P. The molecule has 0 radical (unpaired) electrons. The van der Waals surface area contributed by atoms with Gasteiger partial charge in [-0.2, -0.15) is 0 Å². The number of unbranched alkanes of at least 4 members (excludes halogenated alkanes) is 6. The highest BCUT2D eigenvalue weighted by Gasteiger charge is 2.17. The van der Waals surface area contributed by atoms with Gasteiger partial charge < -0.3 is 27.9 Å². The molecule has 0 aliphatic carbocycles. The van der Waals surface area contributed by atoms with E-state index in [4.69, 9.17) is 18.5 Å². The number of phosphoric ester groups is 1. The van der Waals surface area contributed by atoms with Crippen LogP contribution in [0, 0.1) is 0 Å². The number of hydrogen-bond donors (Lipinski definition) is 0. The van der Waals surface area contributed by atoms with Gasteiger partial charge in [0.1, 0.15) is 19.3 Å². The maximum atomic E-state index is 12.0. The zero-order valence-corrected chi connectivity index (χ0v) is 19.7. The second kappa shape index (κ2) is 16.8. The standard InChI is InChI=1S/C20H44NO6P/c1-6-8-10-12-15-24-18-20(25-16-13-11-9-7-2)19-27-28(22,23)26-17-14-21(3,4)5/h20H,6-19H2,1-5H3. The molecule has 0 saturated heterocycles. The lowest BCUT2D eigenvalue weighted by molar-refractivity contribution is -0.870. The van der Waals surface area contributed by atoms with Crippen molar-refractivity contribution < 1.29 is 32.5 Å². The van der Waals surface area contributed by atoms with Crippen LogP contribution in [0.2, 0.25) is 0 Å². The van der Waals surface area contributed by atoms with Gasteiger partial charge in [0.15, 0.2) is 0 Å². The predicted molar refractivity (Wildman–Crippen MR) is 111 cm³/mol. The average Bonchev–Trinajstić information content (AvgIpc) is 2.60. The molecule has 0 heterocycles. The smallest absolute Gasteiger partial charge is 0.268 e. The summed E-state index contributed by atoms with van der Waals surface area (Å²) in [5.41, 5.74) is 0. The van der Waals surface area contributed by atoms with Gasteiger partial charge in [-0.15, -0.1) is 0 Å². The van der Waals surface area contributed by atoms with Crippen molar-refractivity contribution in [2.45, 2.75) is 71.3 Å². The van der Waals surface area contributed by atoms with E-state index in [2.05, 4.69) is 13.8 Å². The lowest BCUT2D eigenvalue weighted by Crippen LogP contribution is -2.37. The van der Waals surface area contributed by atoms with E-state index in [1.165, 1.54) is 19.3 Å². The zero-order valence-electron chi connectivity index (χ0n) is 18.8. The number of hydrogen-bond acceptors (Lipinski definition) is 6. The molecule has 0 aromatic carbocycles. The molecule has 0 bridgehead atoms. The van der Waals surface area contributed by atoms with Gasteiger partial charge in [-0.05, 0) is 12.8 Å². The minimum absolute atomic E-state index is 0.0755. The first-order chi connectivity index (χ1) is 13.2. The average molecular weight is 426 g/mol. The number of nitrogens with zero attached hydrogens (tertiary/aromatic N) is 1. The molecule has 28 heavy (non-hydrogen) atoms. The first-order valence-electron chi connectivity index (χ1n) is 10.8. The van der Waals surface area contributed by atoms with Gasteiger partial charge in [0.2, 0.25) is 0 Å². The van der Waals surface area contributed by atoms with E-state index in [1.807, 2.05) is 21.1 Å². The van der Waals surface area contributed by atoms with Gasteiger partial charge in [-0.3, -0.25) is 4.57 Å².